The summed E-state index contributed by atoms with van der Waals surface area (Å²) in [5.74, 6) is 0.309. The third-order valence-corrected chi connectivity index (χ3v) is 3.95. The van der Waals surface area contributed by atoms with Gasteiger partial charge in [0, 0.05) is 28.7 Å². The molecule has 1 aromatic carbocycles. The molecule has 1 aliphatic rings. The van der Waals surface area contributed by atoms with E-state index in [1.807, 2.05) is 6.07 Å². The van der Waals surface area contributed by atoms with Gasteiger partial charge in [0.25, 0.3) is 0 Å². The molecule has 0 radical (unpaired) electrons. The molecule has 6 heteroatoms. The van der Waals surface area contributed by atoms with Crippen molar-refractivity contribution in [1.82, 2.24) is 4.98 Å². The maximum absolute atomic E-state index is 12.8. The van der Waals surface area contributed by atoms with Crippen molar-refractivity contribution in [3.05, 3.63) is 52.7 Å². The third kappa shape index (κ3) is 2.89. The zero-order valence-corrected chi connectivity index (χ0v) is 11.6. The highest BCUT2D eigenvalue weighted by molar-refractivity contribution is 6.33. The van der Waals surface area contributed by atoms with Crippen molar-refractivity contribution in [2.45, 2.75) is 24.6 Å². The number of nitrogens with two attached hydrogens (primary N) is 1. The Morgan fingerprint density at radius 3 is 2.43 bits per heavy atom. The Hall–Kier alpha value is -1.59. The molecule has 2 N–H and O–H groups in total. The number of pyridine rings is 1. The largest absolute Gasteiger partial charge is 0.416 e. The van der Waals surface area contributed by atoms with E-state index in [0.29, 0.717) is 11.6 Å². The van der Waals surface area contributed by atoms with Gasteiger partial charge in [-0.2, -0.15) is 13.2 Å². The first-order valence-corrected chi connectivity index (χ1v) is 6.82. The molecule has 2 aromatic rings. The first kappa shape index (κ1) is 14.4. The van der Waals surface area contributed by atoms with Crippen LogP contribution in [0.15, 0.2) is 36.5 Å². The van der Waals surface area contributed by atoms with E-state index in [2.05, 4.69) is 4.98 Å². The molecule has 0 amide bonds. The molecule has 0 unspecified atom stereocenters. The fraction of sp³-hybridized carbons (Fsp3) is 0.267. The van der Waals surface area contributed by atoms with Crippen LogP contribution in [0.1, 0.15) is 23.5 Å². The molecule has 3 rings (SSSR count). The van der Waals surface area contributed by atoms with Gasteiger partial charge in [0.2, 0.25) is 0 Å². The summed E-state index contributed by atoms with van der Waals surface area (Å²) in [5.41, 5.74) is 6.73. The minimum Gasteiger partial charge on any atom is -0.327 e. The Bertz CT molecular complexity index is 668. The van der Waals surface area contributed by atoms with Gasteiger partial charge in [-0.15, -0.1) is 0 Å². The summed E-state index contributed by atoms with van der Waals surface area (Å²) in [4.78, 5) is 4.22. The molecular weight excluding hydrogens is 301 g/mol. The minimum atomic E-state index is -4.40. The van der Waals surface area contributed by atoms with Crippen LogP contribution >= 0.6 is 11.6 Å². The summed E-state index contributed by atoms with van der Waals surface area (Å²) in [6.07, 6.45) is -1.82. The minimum absolute atomic E-state index is 0.162. The molecule has 21 heavy (non-hydrogen) atoms. The number of halogens is 4. The summed E-state index contributed by atoms with van der Waals surface area (Å²) in [7, 11) is 0. The Morgan fingerprint density at radius 2 is 1.90 bits per heavy atom. The quantitative estimate of drug-likeness (QED) is 0.901. The van der Waals surface area contributed by atoms with Gasteiger partial charge in [-0.25, -0.2) is 0 Å². The van der Waals surface area contributed by atoms with Crippen LogP contribution in [0.4, 0.5) is 13.2 Å². The van der Waals surface area contributed by atoms with Crippen molar-refractivity contribution < 1.29 is 13.2 Å². The van der Waals surface area contributed by atoms with Crippen LogP contribution in [0.3, 0.4) is 0 Å². The second kappa shape index (κ2) is 5.00. The third-order valence-electron chi connectivity index (χ3n) is 3.62. The highest BCUT2D eigenvalue weighted by Gasteiger charge is 2.35. The van der Waals surface area contributed by atoms with Gasteiger partial charge in [-0.3, -0.25) is 4.98 Å². The Kier molecular flexibility index (Phi) is 3.42. The first-order chi connectivity index (χ1) is 9.86. The highest BCUT2D eigenvalue weighted by atomic mass is 35.5. The SMILES string of the molecule is N[C@@H]1C[C@H]1c1ccc(-c2cc(C(F)(F)F)ccc2Cl)nc1. The second-order valence-corrected chi connectivity index (χ2v) is 5.58. The van der Waals surface area contributed by atoms with E-state index in [1.165, 1.54) is 6.07 Å². The van der Waals surface area contributed by atoms with E-state index in [0.717, 1.165) is 24.1 Å². The lowest BCUT2D eigenvalue weighted by atomic mass is 10.1. The summed E-state index contributed by atoms with van der Waals surface area (Å²) in [6.45, 7) is 0. The molecule has 0 saturated heterocycles. The molecule has 1 fully saturated rings. The maximum atomic E-state index is 12.8. The zero-order chi connectivity index (χ0) is 15.2. The van der Waals surface area contributed by atoms with Crippen LogP contribution in [0.2, 0.25) is 5.02 Å². The monoisotopic (exact) mass is 312 g/mol. The number of aromatic nitrogens is 1. The van der Waals surface area contributed by atoms with E-state index in [4.69, 9.17) is 17.3 Å². The zero-order valence-electron chi connectivity index (χ0n) is 10.9. The summed E-state index contributed by atoms with van der Waals surface area (Å²) >= 11 is 5.99. The van der Waals surface area contributed by atoms with E-state index in [9.17, 15) is 13.2 Å². The van der Waals surface area contributed by atoms with Gasteiger partial charge < -0.3 is 5.73 Å². The summed E-state index contributed by atoms with van der Waals surface area (Å²) in [5, 5.41) is 0.242. The summed E-state index contributed by atoms with van der Waals surface area (Å²) in [6, 6.07) is 6.91. The number of rotatable bonds is 2. The number of alkyl halides is 3. The van der Waals surface area contributed by atoms with Crippen LogP contribution in [-0.2, 0) is 6.18 Å². The van der Waals surface area contributed by atoms with E-state index in [1.54, 1.807) is 12.3 Å². The van der Waals surface area contributed by atoms with Crippen molar-refractivity contribution in [3.63, 3.8) is 0 Å². The molecule has 1 aliphatic carbocycles. The maximum Gasteiger partial charge on any atom is 0.416 e. The number of hydrogen-bond donors (Lipinski definition) is 1. The van der Waals surface area contributed by atoms with E-state index >= 15 is 0 Å². The molecule has 1 saturated carbocycles. The fourth-order valence-electron chi connectivity index (χ4n) is 2.28. The van der Waals surface area contributed by atoms with Crippen LogP contribution in [0, 0.1) is 0 Å². The van der Waals surface area contributed by atoms with E-state index < -0.39 is 11.7 Å². The van der Waals surface area contributed by atoms with Gasteiger partial charge >= 0.3 is 6.18 Å². The molecule has 0 spiro atoms. The predicted molar refractivity (Wildman–Crippen MR) is 75.0 cm³/mol. The molecule has 1 aromatic heterocycles. The van der Waals surface area contributed by atoms with Crippen LogP contribution < -0.4 is 5.73 Å². The molecule has 1 heterocycles. The lowest BCUT2D eigenvalue weighted by Gasteiger charge is -2.10. The van der Waals surface area contributed by atoms with Gasteiger partial charge in [0.05, 0.1) is 11.3 Å². The Morgan fingerprint density at radius 1 is 1.19 bits per heavy atom. The lowest BCUT2D eigenvalue weighted by molar-refractivity contribution is -0.137. The molecule has 0 bridgehead atoms. The Balaban J connectivity index is 1.96. The van der Waals surface area contributed by atoms with Gasteiger partial charge in [0.1, 0.15) is 0 Å². The number of nitrogens with zero attached hydrogens (tertiary/aromatic N) is 1. The highest BCUT2D eigenvalue weighted by Crippen LogP contribution is 2.40. The molecule has 2 nitrogen and oxygen atoms in total. The molecule has 110 valence electrons. The Labute approximate surface area is 124 Å². The fourth-order valence-corrected chi connectivity index (χ4v) is 2.49. The average Bonchev–Trinajstić information content (AvgIpc) is 3.15. The van der Waals surface area contributed by atoms with E-state index in [-0.39, 0.29) is 16.6 Å². The number of benzene rings is 1. The van der Waals surface area contributed by atoms with Crippen LogP contribution in [0.5, 0.6) is 0 Å². The van der Waals surface area contributed by atoms with Crippen molar-refractivity contribution in [2.75, 3.05) is 0 Å². The average molecular weight is 313 g/mol. The topological polar surface area (TPSA) is 38.9 Å². The summed E-state index contributed by atoms with van der Waals surface area (Å²) < 4.78 is 38.3. The van der Waals surface area contributed by atoms with Crippen molar-refractivity contribution in [2.24, 2.45) is 5.73 Å². The first-order valence-electron chi connectivity index (χ1n) is 6.45. The van der Waals surface area contributed by atoms with Crippen LogP contribution in [0.25, 0.3) is 11.3 Å². The number of hydrogen-bond acceptors (Lipinski definition) is 2. The van der Waals surface area contributed by atoms with Gasteiger partial charge in [0.15, 0.2) is 0 Å². The standard InChI is InChI=1S/C15H12ClF3N2/c16-12-3-2-9(15(17,18)19)5-11(12)14-4-1-8(7-21-14)10-6-13(10)20/h1-5,7,10,13H,6,20H2/t10-,13+/m0/s1. The van der Waals surface area contributed by atoms with Gasteiger partial charge in [-0.1, -0.05) is 17.7 Å². The van der Waals surface area contributed by atoms with Crippen molar-refractivity contribution in [3.8, 4) is 11.3 Å². The normalized spacial score (nSPS) is 21.4. The van der Waals surface area contributed by atoms with Crippen LogP contribution in [-0.4, -0.2) is 11.0 Å². The molecular formula is C15H12ClF3N2. The smallest absolute Gasteiger partial charge is 0.327 e. The molecule has 2 atom stereocenters. The van der Waals surface area contributed by atoms with Crippen molar-refractivity contribution in [1.29, 1.82) is 0 Å². The molecule has 0 aliphatic heterocycles. The second-order valence-electron chi connectivity index (χ2n) is 5.18. The van der Waals surface area contributed by atoms with Gasteiger partial charge in [-0.05, 0) is 36.2 Å². The van der Waals surface area contributed by atoms with Crippen molar-refractivity contribution >= 4 is 11.6 Å². The lowest BCUT2D eigenvalue weighted by Crippen LogP contribution is -2.05. The predicted octanol–water partition coefficient (Wildman–Crippen LogP) is 4.24.